The van der Waals surface area contributed by atoms with Gasteiger partial charge in [-0.05, 0) is 31.4 Å². The molecule has 98 valence electrons. The molecule has 0 spiro atoms. The van der Waals surface area contributed by atoms with Crippen molar-refractivity contribution in [2.24, 2.45) is 11.1 Å². The third-order valence-electron chi connectivity index (χ3n) is 3.32. The second-order valence-electron chi connectivity index (χ2n) is 4.78. The van der Waals surface area contributed by atoms with E-state index in [1.165, 1.54) is 0 Å². The van der Waals surface area contributed by atoms with E-state index in [1.807, 2.05) is 24.3 Å². The fraction of sp³-hybridized carbons (Fsp3) is 0.500. The quantitative estimate of drug-likeness (QED) is 0.810. The fourth-order valence-corrected chi connectivity index (χ4v) is 1.84. The first-order valence-electron chi connectivity index (χ1n) is 6.45. The molecule has 0 saturated heterocycles. The van der Waals surface area contributed by atoms with E-state index in [4.69, 9.17) is 10.5 Å². The maximum absolute atomic E-state index is 12.1. The maximum Gasteiger partial charge on any atom is 0.231 e. The van der Waals surface area contributed by atoms with Gasteiger partial charge in [-0.15, -0.1) is 0 Å². The van der Waals surface area contributed by atoms with Gasteiger partial charge >= 0.3 is 0 Å². The average molecular weight is 248 g/mol. The van der Waals surface area contributed by atoms with Crippen LogP contribution < -0.4 is 15.8 Å². The van der Waals surface area contributed by atoms with E-state index in [2.05, 4.69) is 12.2 Å². The van der Waals surface area contributed by atoms with Crippen LogP contribution in [0.25, 0.3) is 0 Å². The Morgan fingerprint density at radius 3 is 2.78 bits per heavy atom. The van der Waals surface area contributed by atoms with Crippen LogP contribution >= 0.6 is 0 Å². The Labute approximate surface area is 108 Å². The highest BCUT2D eigenvalue weighted by molar-refractivity contribution is 5.98. The minimum atomic E-state index is -0.335. The van der Waals surface area contributed by atoms with Gasteiger partial charge in [-0.1, -0.05) is 19.1 Å². The molecule has 1 saturated carbocycles. The number of hydrogen-bond acceptors (Lipinski definition) is 3. The summed E-state index contributed by atoms with van der Waals surface area (Å²) in [5, 5.41) is 2.93. The van der Waals surface area contributed by atoms with Crippen LogP contribution in [0.5, 0.6) is 5.75 Å². The van der Waals surface area contributed by atoms with E-state index in [9.17, 15) is 4.79 Å². The molecule has 2 rings (SSSR count). The number of benzene rings is 1. The van der Waals surface area contributed by atoms with Crippen molar-refractivity contribution in [2.75, 3.05) is 18.5 Å². The molecule has 0 radical (unpaired) electrons. The summed E-state index contributed by atoms with van der Waals surface area (Å²) in [6.45, 7) is 3.11. The lowest BCUT2D eigenvalue weighted by molar-refractivity contribution is -0.120. The molecule has 1 aromatic carbocycles. The van der Waals surface area contributed by atoms with Crippen molar-refractivity contribution in [1.82, 2.24) is 0 Å². The number of carbonyl (C=O) groups is 1. The Hall–Kier alpha value is -1.55. The molecule has 1 fully saturated rings. The number of nitrogens with two attached hydrogens (primary N) is 1. The van der Waals surface area contributed by atoms with Gasteiger partial charge in [-0.25, -0.2) is 0 Å². The van der Waals surface area contributed by atoms with Gasteiger partial charge in [-0.3, -0.25) is 4.79 Å². The molecular formula is C14H20N2O2. The van der Waals surface area contributed by atoms with E-state index < -0.39 is 0 Å². The van der Waals surface area contributed by atoms with Crippen LogP contribution in [0.1, 0.15) is 26.2 Å². The summed E-state index contributed by atoms with van der Waals surface area (Å²) in [5.41, 5.74) is 6.05. The van der Waals surface area contributed by atoms with Crippen molar-refractivity contribution in [3.63, 3.8) is 0 Å². The molecule has 0 aliphatic heterocycles. The van der Waals surface area contributed by atoms with Crippen molar-refractivity contribution in [2.45, 2.75) is 26.2 Å². The number of ether oxygens (including phenoxy) is 1. The molecule has 0 aromatic heterocycles. The topological polar surface area (TPSA) is 64.3 Å². The molecule has 0 bridgehead atoms. The van der Waals surface area contributed by atoms with Crippen LogP contribution in [0.15, 0.2) is 24.3 Å². The largest absolute Gasteiger partial charge is 0.491 e. The number of nitrogens with one attached hydrogen (secondary N) is 1. The van der Waals surface area contributed by atoms with Gasteiger partial charge in [0, 0.05) is 6.54 Å². The second kappa shape index (κ2) is 5.40. The fourth-order valence-electron chi connectivity index (χ4n) is 1.84. The third-order valence-corrected chi connectivity index (χ3v) is 3.32. The van der Waals surface area contributed by atoms with E-state index in [-0.39, 0.29) is 11.3 Å². The first kappa shape index (κ1) is 12.9. The monoisotopic (exact) mass is 248 g/mol. The second-order valence-corrected chi connectivity index (χ2v) is 4.78. The van der Waals surface area contributed by atoms with Crippen LogP contribution in [-0.4, -0.2) is 19.1 Å². The average Bonchev–Trinajstić information content (AvgIpc) is 3.19. The van der Waals surface area contributed by atoms with Crippen molar-refractivity contribution in [3.05, 3.63) is 24.3 Å². The van der Waals surface area contributed by atoms with Crippen LogP contribution in [0.3, 0.4) is 0 Å². The molecule has 1 aliphatic carbocycles. The van der Waals surface area contributed by atoms with Gasteiger partial charge in [0.15, 0.2) is 0 Å². The minimum Gasteiger partial charge on any atom is -0.491 e. The number of carbonyl (C=O) groups excluding carboxylic acids is 1. The number of rotatable bonds is 6. The molecule has 0 heterocycles. The Morgan fingerprint density at radius 1 is 1.44 bits per heavy atom. The number of anilines is 1. The summed E-state index contributed by atoms with van der Waals surface area (Å²) in [5.74, 6) is 0.734. The predicted octanol–water partition coefficient (Wildman–Crippen LogP) is 2.15. The first-order chi connectivity index (χ1) is 8.72. The summed E-state index contributed by atoms with van der Waals surface area (Å²) >= 11 is 0. The lowest BCUT2D eigenvalue weighted by Crippen LogP contribution is -2.31. The van der Waals surface area contributed by atoms with Crippen LogP contribution in [0.2, 0.25) is 0 Å². The third kappa shape index (κ3) is 2.64. The van der Waals surface area contributed by atoms with Gasteiger partial charge in [0.1, 0.15) is 5.75 Å². The summed E-state index contributed by atoms with van der Waals surface area (Å²) in [6.07, 6.45) is 2.70. The normalized spacial score (nSPS) is 16.1. The number of para-hydroxylation sites is 2. The zero-order valence-electron chi connectivity index (χ0n) is 10.7. The van der Waals surface area contributed by atoms with Gasteiger partial charge in [0.05, 0.1) is 17.7 Å². The zero-order chi connectivity index (χ0) is 13.0. The van der Waals surface area contributed by atoms with Crippen molar-refractivity contribution in [1.29, 1.82) is 0 Å². The Balaban J connectivity index is 2.06. The van der Waals surface area contributed by atoms with E-state index in [1.54, 1.807) is 0 Å². The van der Waals surface area contributed by atoms with Crippen LogP contribution in [-0.2, 0) is 4.79 Å². The highest BCUT2D eigenvalue weighted by Gasteiger charge is 2.48. The highest BCUT2D eigenvalue weighted by Crippen LogP contribution is 2.45. The zero-order valence-corrected chi connectivity index (χ0v) is 10.7. The highest BCUT2D eigenvalue weighted by atomic mass is 16.5. The van der Waals surface area contributed by atoms with Gasteiger partial charge < -0.3 is 15.8 Å². The first-order valence-corrected chi connectivity index (χ1v) is 6.45. The molecule has 1 amide bonds. The number of amides is 1. The van der Waals surface area contributed by atoms with E-state index >= 15 is 0 Å². The molecule has 18 heavy (non-hydrogen) atoms. The lowest BCUT2D eigenvalue weighted by Gasteiger charge is -2.15. The van der Waals surface area contributed by atoms with Crippen molar-refractivity contribution < 1.29 is 9.53 Å². The summed E-state index contributed by atoms with van der Waals surface area (Å²) < 4.78 is 5.61. The summed E-state index contributed by atoms with van der Waals surface area (Å²) in [6, 6.07) is 7.51. The van der Waals surface area contributed by atoms with Gasteiger partial charge in [0.2, 0.25) is 5.91 Å². The standard InChI is InChI=1S/C14H20N2O2/c1-2-9-18-12-6-4-3-5-11(12)16-13(17)14(10-15)7-8-14/h3-6H,2,7-10,15H2,1H3,(H,16,17). The Bertz CT molecular complexity index is 428. The summed E-state index contributed by atoms with van der Waals surface area (Å²) in [4.78, 5) is 12.1. The molecule has 4 nitrogen and oxygen atoms in total. The SMILES string of the molecule is CCCOc1ccccc1NC(=O)C1(CN)CC1. The van der Waals surface area contributed by atoms with Crippen molar-refractivity contribution in [3.8, 4) is 5.75 Å². The van der Waals surface area contributed by atoms with E-state index in [0.29, 0.717) is 13.2 Å². The molecule has 3 N–H and O–H groups in total. The molecule has 1 aliphatic rings. The van der Waals surface area contributed by atoms with Gasteiger partial charge in [-0.2, -0.15) is 0 Å². The molecule has 1 aromatic rings. The molecule has 0 atom stereocenters. The summed E-state index contributed by atoms with van der Waals surface area (Å²) in [7, 11) is 0. The minimum absolute atomic E-state index is 0.0116. The Morgan fingerprint density at radius 2 is 2.17 bits per heavy atom. The maximum atomic E-state index is 12.1. The molecule has 0 unspecified atom stereocenters. The smallest absolute Gasteiger partial charge is 0.231 e. The van der Waals surface area contributed by atoms with Crippen molar-refractivity contribution >= 4 is 11.6 Å². The lowest BCUT2D eigenvalue weighted by atomic mass is 10.1. The van der Waals surface area contributed by atoms with E-state index in [0.717, 1.165) is 30.7 Å². The predicted molar refractivity (Wildman–Crippen MR) is 71.6 cm³/mol. The van der Waals surface area contributed by atoms with Crippen LogP contribution in [0.4, 0.5) is 5.69 Å². The Kier molecular flexibility index (Phi) is 3.87. The molecular weight excluding hydrogens is 228 g/mol. The molecule has 4 heteroatoms. The number of hydrogen-bond donors (Lipinski definition) is 2. The van der Waals surface area contributed by atoms with Crippen LogP contribution in [0, 0.1) is 5.41 Å². The van der Waals surface area contributed by atoms with Gasteiger partial charge in [0.25, 0.3) is 0 Å².